The second kappa shape index (κ2) is 4.41. The molecule has 0 aromatic rings. The highest BCUT2D eigenvalue weighted by molar-refractivity contribution is 5.28. The molecular weight excluding hydrogens is 267 g/mol. The van der Waals surface area contributed by atoms with Gasteiger partial charge in [-0.25, -0.2) is 0 Å². The van der Waals surface area contributed by atoms with Gasteiger partial charge in [0.15, 0.2) is 0 Å². The second-order valence-corrected chi connectivity index (χ2v) is 3.44. The molecule has 0 fully saturated rings. The Balaban J connectivity index is 6.16. The second-order valence-electron chi connectivity index (χ2n) is 3.44. The van der Waals surface area contributed by atoms with Crippen LogP contribution < -0.4 is 0 Å². The summed E-state index contributed by atoms with van der Waals surface area (Å²) < 4.78 is 109. The van der Waals surface area contributed by atoms with E-state index in [0.717, 1.165) is 0 Å². The zero-order valence-electron chi connectivity index (χ0n) is 8.48. The Hall–Kier alpha value is -0.890. The van der Waals surface area contributed by atoms with Crippen molar-refractivity contribution in [3.05, 3.63) is 11.1 Å². The average Bonchev–Trinajstić information content (AvgIpc) is 1.91. The minimum atomic E-state index is -6.10. The molecular formula is C8H7F9. The number of rotatable bonds is 1. The van der Waals surface area contributed by atoms with E-state index in [1.165, 1.54) is 0 Å². The van der Waals surface area contributed by atoms with Crippen LogP contribution in [0.1, 0.15) is 13.8 Å². The molecule has 0 aliphatic carbocycles. The normalized spacial score (nSPS) is 14.1. The SMILES string of the molecule is CC(C)C(=C(C(F)(F)F)C(F)(F)F)C(F)(F)F. The van der Waals surface area contributed by atoms with Gasteiger partial charge in [-0.15, -0.1) is 0 Å². The molecule has 0 nitrogen and oxygen atoms in total. The van der Waals surface area contributed by atoms with Gasteiger partial charge in [-0.05, 0) is 5.92 Å². The van der Waals surface area contributed by atoms with Crippen LogP contribution in [0.3, 0.4) is 0 Å². The molecule has 0 aromatic carbocycles. The summed E-state index contributed by atoms with van der Waals surface area (Å²) in [6.07, 6.45) is -17.9. The zero-order valence-corrected chi connectivity index (χ0v) is 8.48. The molecule has 0 heterocycles. The first kappa shape index (κ1) is 16.1. The maximum Gasteiger partial charge on any atom is 0.421 e. The van der Waals surface area contributed by atoms with Crippen LogP contribution >= 0.6 is 0 Å². The Morgan fingerprint density at radius 3 is 1.00 bits per heavy atom. The van der Waals surface area contributed by atoms with Crippen LogP contribution in [0.4, 0.5) is 39.5 Å². The number of allylic oxidation sites excluding steroid dienone is 2. The fourth-order valence-corrected chi connectivity index (χ4v) is 1.22. The Labute approximate surface area is 90.1 Å². The van der Waals surface area contributed by atoms with Crippen molar-refractivity contribution in [3.8, 4) is 0 Å². The van der Waals surface area contributed by atoms with Crippen molar-refractivity contribution in [2.24, 2.45) is 5.92 Å². The van der Waals surface area contributed by atoms with Crippen LogP contribution in [-0.4, -0.2) is 18.5 Å². The van der Waals surface area contributed by atoms with Gasteiger partial charge >= 0.3 is 18.5 Å². The highest BCUT2D eigenvalue weighted by atomic mass is 19.4. The number of hydrogen-bond donors (Lipinski definition) is 0. The maximum absolute atomic E-state index is 12.2. The monoisotopic (exact) mass is 274 g/mol. The van der Waals surface area contributed by atoms with E-state index in [2.05, 4.69) is 0 Å². The minimum Gasteiger partial charge on any atom is -0.166 e. The number of alkyl halides is 9. The quantitative estimate of drug-likeness (QED) is 0.483. The van der Waals surface area contributed by atoms with E-state index >= 15 is 0 Å². The van der Waals surface area contributed by atoms with Gasteiger partial charge < -0.3 is 0 Å². The van der Waals surface area contributed by atoms with Crippen molar-refractivity contribution in [2.75, 3.05) is 0 Å². The number of halogens is 9. The molecule has 0 saturated heterocycles. The van der Waals surface area contributed by atoms with Crippen LogP contribution in [0, 0.1) is 5.92 Å². The summed E-state index contributed by atoms with van der Waals surface area (Å²) in [7, 11) is 0. The van der Waals surface area contributed by atoms with Crippen LogP contribution in [0.5, 0.6) is 0 Å². The minimum absolute atomic E-state index is 0.611. The highest BCUT2D eigenvalue weighted by Gasteiger charge is 2.57. The van der Waals surface area contributed by atoms with E-state index in [0.29, 0.717) is 13.8 Å². The third-order valence-corrected chi connectivity index (χ3v) is 1.72. The van der Waals surface area contributed by atoms with Gasteiger partial charge in [-0.1, -0.05) is 13.8 Å². The van der Waals surface area contributed by atoms with Crippen molar-refractivity contribution in [1.29, 1.82) is 0 Å². The van der Waals surface area contributed by atoms with Crippen molar-refractivity contribution >= 4 is 0 Å². The third kappa shape index (κ3) is 4.12. The summed E-state index contributed by atoms with van der Waals surface area (Å²) in [5.74, 6) is -1.95. The third-order valence-electron chi connectivity index (χ3n) is 1.72. The summed E-state index contributed by atoms with van der Waals surface area (Å²) in [5, 5.41) is 0. The lowest BCUT2D eigenvalue weighted by atomic mass is 9.95. The number of hydrogen-bond acceptors (Lipinski definition) is 0. The molecule has 9 heteroatoms. The molecule has 0 unspecified atom stereocenters. The fraction of sp³-hybridized carbons (Fsp3) is 0.750. The molecule has 0 spiro atoms. The standard InChI is InChI=1S/C8H7F9/c1-3(2)4(6(9,10)11)5(7(12,13)14)8(15,16)17/h3H,1-2H3. The maximum atomic E-state index is 12.2. The molecule has 0 bridgehead atoms. The van der Waals surface area contributed by atoms with Gasteiger partial charge in [0.1, 0.15) is 5.57 Å². The fourth-order valence-electron chi connectivity index (χ4n) is 1.22. The lowest BCUT2D eigenvalue weighted by molar-refractivity contribution is -0.183. The first-order valence-electron chi connectivity index (χ1n) is 4.14. The Morgan fingerprint density at radius 2 is 0.941 bits per heavy atom. The van der Waals surface area contributed by atoms with Crippen molar-refractivity contribution < 1.29 is 39.5 Å². The van der Waals surface area contributed by atoms with E-state index in [9.17, 15) is 39.5 Å². The van der Waals surface area contributed by atoms with Crippen molar-refractivity contribution in [2.45, 2.75) is 32.4 Å². The van der Waals surface area contributed by atoms with Gasteiger partial charge in [0, 0.05) is 0 Å². The molecule has 0 aliphatic rings. The van der Waals surface area contributed by atoms with Gasteiger partial charge in [0.2, 0.25) is 0 Å². The predicted molar refractivity (Wildman–Crippen MR) is 40.0 cm³/mol. The van der Waals surface area contributed by atoms with Gasteiger partial charge in [0.05, 0.1) is 5.57 Å². The first-order valence-corrected chi connectivity index (χ1v) is 4.14. The average molecular weight is 274 g/mol. The lowest BCUT2D eigenvalue weighted by Crippen LogP contribution is -2.33. The van der Waals surface area contributed by atoms with Crippen molar-refractivity contribution in [3.63, 3.8) is 0 Å². The summed E-state index contributed by atoms with van der Waals surface area (Å²) in [4.78, 5) is 0. The first-order chi connectivity index (χ1) is 7.19. The molecule has 0 radical (unpaired) electrons. The lowest BCUT2D eigenvalue weighted by Gasteiger charge is -2.24. The van der Waals surface area contributed by atoms with Gasteiger partial charge in [-0.3, -0.25) is 0 Å². The summed E-state index contributed by atoms with van der Waals surface area (Å²) in [5.41, 5.74) is -6.11. The van der Waals surface area contributed by atoms with E-state index in [1.54, 1.807) is 0 Å². The zero-order chi connectivity index (χ0) is 14.2. The smallest absolute Gasteiger partial charge is 0.166 e. The predicted octanol–water partition coefficient (Wildman–Crippen LogP) is 4.63. The molecule has 17 heavy (non-hydrogen) atoms. The molecule has 0 rings (SSSR count). The Morgan fingerprint density at radius 1 is 0.647 bits per heavy atom. The molecule has 0 aliphatic heterocycles. The van der Waals surface area contributed by atoms with E-state index in [1.807, 2.05) is 0 Å². The molecule has 102 valence electrons. The van der Waals surface area contributed by atoms with Gasteiger partial charge in [-0.2, -0.15) is 39.5 Å². The van der Waals surface area contributed by atoms with E-state index in [-0.39, 0.29) is 0 Å². The summed E-state index contributed by atoms with van der Waals surface area (Å²) in [6, 6.07) is 0. The van der Waals surface area contributed by atoms with E-state index in [4.69, 9.17) is 0 Å². The highest BCUT2D eigenvalue weighted by Crippen LogP contribution is 2.46. The van der Waals surface area contributed by atoms with Crippen LogP contribution in [0.15, 0.2) is 11.1 Å². The molecule has 0 atom stereocenters. The Bertz CT molecular complexity index is 282. The molecule has 0 saturated carbocycles. The molecule has 0 N–H and O–H groups in total. The molecule has 0 amide bonds. The largest absolute Gasteiger partial charge is 0.421 e. The summed E-state index contributed by atoms with van der Waals surface area (Å²) >= 11 is 0. The van der Waals surface area contributed by atoms with Crippen LogP contribution in [0.2, 0.25) is 0 Å². The van der Waals surface area contributed by atoms with Crippen LogP contribution in [-0.2, 0) is 0 Å². The topological polar surface area (TPSA) is 0 Å². The molecule has 0 aromatic heterocycles. The Kier molecular flexibility index (Phi) is 4.18. The van der Waals surface area contributed by atoms with Crippen LogP contribution in [0.25, 0.3) is 0 Å². The van der Waals surface area contributed by atoms with E-state index < -0.39 is 35.6 Å². The van der Waals surface area contributed by atoms with Gasteiger partial charge in [0.25, 0.3) is 0 Å². The summed E-state index contributed by atoms with van der Waals surface area (Å²) in [6.45, 7) is 1.22. The van der Waals surface area contributed by atoms with Crippen molar-refractivity contribution in [1.82, 2.24) is 0 Å².